The number of nitrogens with one attached hydrogen (secondary N) is 1. The van der Waals surface area contributed by atoms with Gasteiger partial charge in [0, 0.05) is 12.3 Å². The molecular formula is C14H13N5O6. The Kier molecular flexibility index (Phi) is 5.40. The van der Waals surface area contributed by atoms with Crippen molar-refractivity contribution in [3.63, 3.8) is 0 Å². The van der Waals surface area contributed by atoms with E-state index in [1.54, 1.807) is 0 Å². The lowest BCUT2D eigenvalue weighted by molar-refractivity contribution is -0.385. The minimum absolute atomic E-state index is 0.0909. The Morgan fingerprint density at radius 2 is 1.76 bits per heavy atom. The van der Waals surface area contributed by atoms with E-state index in [-0.39, 0.29) is 34.3 Å². The van der Waals surface area contributed by atoms with Crippen LogP contribution in [0.1, 0.15) is 5.56 Å². The van der Waals surface area contributed by atoms with E-state index in [0.29, 0.717) is 0 Å². The predicted octanol–water partition coefficient (Wildman–Crippen LogP) is 2.36. The molecule has 2 aromatic rings. The molecule has 1 heterocycles. The largest absolute Gasteiger partial charge is 0.493 e. The van der Waals surface area contributed by atoms with Gasteiger partial charge < -0.3 is 9.47 Å². The molecule has 130 valence electrons. The molecule has 0 fully saturated rings. The van der Waals surface area contributed by atoms with Crippen LogP contribution in [0.5, 0.6) is 11.5 Å². The van der Waals surface area contributed by atoms with Crippen molar-refractivity contribution >= 4 is 23.4 Å². The minimum Gasteiger partial charge on any atom is -0.493 e. The third-order valence-corrected chi connectivity index (χ3v) is 3.09. The molecule has 11 heteroatoms. The number of ether oxygens (including phenoxy) is 2. The van der Waals surface area contributed by atoms with Crippen LogP contribution in [0.25, 0.3) is 0 Å². The normalized spacial score (nSPS) is 10.5. The maximum absolute atomic E-state index is 11.2. The van der Waals surface area contributed by atoms with E-state index in [9.17, 15) is 20.2 Å². The standard InChI is InChI=1S/C14H13N5O6/c1-24-12-6-9(11(19(22)23)7-13(12)25-2)8-16-17-14-10(18(20)21)4-3-5-15-14/h3-8H,1-2H3,(H,15,17)/b16-8-. The highest BCUT2D eigenvalue weighted by Crippen LogP contribution is 2.33. The lowest BCUT2D eigenvalue weighted by Crippen LogP contribution is -2.01. The first-order valence-corrected chi connectivity index (χ1v) is 6.76. The average Bonchev–Trinajstić information content (AvgIpc) is 2.61. The first kappa shape index (κ1) is 17.6. The smallest absolute Gasteiger partial charge is 0.313 e. The van der Waals surface area contributed by atoms with Crippen molar-refractivity contribution in [2.45, 2.75) is 0 Å². The molecule has 1 aromatic carbocycles. The Balaban J connectivity index is 2.35. The molecule has 0 aliphatic heterocycles. The summed E-state index contributed by atoms with van der Waals surface area (Å²) in [6.07, 6.45) is 2.49. The number of methoxy groups -OCH3 is 2. The number of rotatable bonds is 7. The van der Waals surface area contributed by atoms with Crippen LogP contribution >= 0.6 is 0 Å². The maximum Gasteiger partial charge on any atom is 0.313 e. The number of benzene rings is 1. The molecule has 11 nitrogen and oxygen atoms in total. The van der Waals surface area contributed by atoms with Crippen molar-refractivity contribution in [3.05, 3.63) is 56.3 Å². The van der Waals surface area contributed by atoms with Crippen molar-refractivity contribution in [3.8, 4) is 11.5 Å². The third-order valence-electron chi connectivity index (χ3n) is 3.09. The van der Waals surface area contributed by atoms with Crippen LogP contribution in [0.4, 0.5) is 17.2 Å². The van der Waals surface area contributed by atoms with Gasteiger partial charge >= 0.3 is 5.69 Å². The quantitative estimate of drug-likeness (QED) is 0.457. The Morgan fingerprint density at radius 3 is 2.36 bits per heavy atom. The number of pyridine rings is 1. The Labute approximate surface area is 141 Å². The number of nitrogens with zero attached hydrogens (tertiary/aromatic N) is 4. The van der Waals surface area contributed by atoms with Gasteiger partial charge in [-0.05, 0) is 12.1 Å². The molecule has 1 aromatic heterocycles. The highest BCUT2D eigenvalue weighted by atomic mass is 16.6. The topological polar surface area (TPSA) is 142 Å². The van der Waals surface area contributed by atoms with Crippen molar-refractivity contribution in [2.75, 3.05) is 19.6 Å². The molecule has 0 aliphatic rings. The van der Waals surface area contributed by atoms with Crippen LogP contribution in [0.3, 0.4) is 0 Å². The second-order valence-corrected chi connectivity index (χ2v) is 4.52. The van der Waals surface area contributed by atoms with Gasteiger partial charge in [-0.25, -0.2) is 4.98 Å². The molecule has 0 saturated heterocycles. The Bertz CT molecular complexity index is 838. The summed E-state index contributed by atoms with van der Waals surface area (Å²) in [5.74, 6) is 0.380. The van der Waals surface area contributed by atoms with Crippen LogP contribution in [-0.4, -0.2) is 35.3 Å². The summed E-state index contributed by atoms with van der Waals surface area (Å²) in [5.41, 5.74) is 1.98. The molecule has 0 spiro atoms. The van der Waals surface area contributed by atoms with Crippen LogP contribution in [-0.2, 0) is 0 Å². The number of aromatic nitrogens is 1. The highest BCUT2D eigenvalue weighted by Gasteiger charge is 2.18. The van der Waals surface area contributed by atoms with Crippen LogP contribution in [0.2, 0.25) is 0 Å². The van der Waals surface area contributed by atoms with Crippen LogP contribution in [0.15, 0.2) is 35.6 Å². The maximum atomic E-state index is 11.2. The fourth-order valence-corrected chi connectivity index (χ4v) is 1.94. The number of nitro benzene ring substituents is 1. The molecule has 1 N–H and O–H groups in total. The summed E-state index contributed by atoms with van der Waals surface area (Å²) >= 11 is 0. The molecule has 2 rings (SSSR count). The molecule has 0 amide bonds. The second kappa shape index (κ2) is 7.68. The van der Waals surface area contributed by atoms with E-state index < -0.39 is 9.85 Å². The van der Waals surface area contributed by atoms with Gasteiger partial charge in [-0.15, -0.1) is 0 Å². The summed E-state index contributed by atoms with van der Waals surface area (Å²) in [5, 5.41) is 25.9. The third kappa shape index (κ3) is 3.96. The van der Waals surface area contributed by atoms with Crippen molar-refractivity contribution < 1.29 is 19.3 Å². The van der Waals surface area contributed by atoms with Gasteiger partial charge in [-0.1, -0.05) is 0 Å². The monoisotopic (exact) mass is 347 g/mol. The van der Waals surface area contributed by atoms with Crippen LogP contribution < -0.4 is 14.9 Å². The summed E-state index contributed by atoms with van der Waals surface area (Å²) in [4.78, 5) is 24.7. The fourth-order valence-electron chi connectivity index (χ4n) is 1.94. The van der Waals surface area contributed by atoms with Gasteiger partial charge in [0.05, 0.1) is 41.9 Å². The number of hydrazone groups is 1. The fraction of sp³-hybridized carbons (Fsp3) is 0.143. The summed E-state index contributed by atoms with van der Waals surface area (Å²) in [6, 6.07) is 5.23. The summed E-state index contributed by atoms with van der Waals surface area (Å²) in [6.45, 7) is 0. The molecular weight excluding hydrogens is 334 g/mol. The van der Waals surface area contributed by atoms with Gasteiger partial charge in [0.1, 0.15) is 0 Å². The molecule has 25 heavy (non-hydrogen) atoms. The Hall–Kier alpha value is -3.76. The number of hydrogen-bond acceptors (Lipinski definition) is 9. The zero-order chi connectivity index (χ0) is 18.4. The minimum atomic E-state index is -0.621. The predicted molar refractivity (Wildman–Crippen MR) is 88.3 cm³/mol. The van der Waals surface area contributed by atoms with Crippen molar-refractivity contribution in [1.82, 2.24) is 4.98 Å². The molecule has 0 radical (unpaired) electrons. The summed E-state index contributed by atoms with van der Waals surface area (Å²) < 4.78 is 10.1. The van der Waals surface area contributed by atoms with Gasteiger partial charge in [0.25, 0.3) is 5.69 Å². The van der Waals surface area contributed by atoms with E-state index in [2.05, 4.69) is 15.5 Å². The van der Waals surface area contributed by atoms with Crippen molar-refractivity contribution in [1.29, 1.82) is 0 Å². The Morgan fingerprint density at radius 1 is 1.12 bits per heavy atom. The first-order chi connectivity index (χ1) is 12.0. The molecule has 0 saturated carbocycles. The molecule has 0 unspecified atom stereocenters. The SMILES string of the molecule is COc1cc(/C=N\Nc2ncccc2[N+](=O)[O-])c([N+](=O)[O-])cc1OC. The van der Waals surface area contributed by atoms with Crippen LogP contribution in [0, 0.1) is 20.2 Å². The van der Waals surface area contributed by atoms with Gasteiger partial charge in [-0.2, -0.15) is 5.10 Å². The van der Waals surface area contributed by atoms with E-state index >= 15 is 0 Å². The number of hydrogen-bond donors (Lipinski definition) is 1. The zero-order valence-electron chi connectivity index (χ0n) is 13.2. The second-order valence-electron chi connectivity index (χ2n) is 4.52. The summed E-state index contributed by atoms with van der Waals surface area (Å²) in [7, 11) is 2.75. The lowest BCUT2D eigenvalue weighted by atomic mass is 10.1. The van der Waals surface area contributed by atoms with E-state index in [4.69, 9.17) is 9.47 Å². The van der Waals surface area contributed by atoms with E-state index in [0.717, 1.165) is 6.21 Å². The van der Waals surface area contributed by atoms with Gasteiger partial charge in [-0.3, -0.25) is 25.7 Å². The molecule has 0 bridgehead atoms. The van der Waals surface area contributed by atoms with Gasteiger partial charge in [0.2, 0.25) is 5.82 Å². The molecule has 0 atom stereocenters. The van der Waals surface area contributed by atoms with Crippen molar-refractivity contribution in [2.24, 2.45) is 5.10 Å². The number of nitro groups is 2. The van der Waals surface area contributed by atoms with E-state index in [1.807, 2.05) is 0 Å². The highest BCUT2D eigenvalue weighted by molar-refractivity contribution is 5.87. The number of anilines is 1. The average molecular weight is 347 g/mol. The van der Waals surface area contributed by atoms with Gasteiger partial charge in [0.15, 0.2) is 11.5 Å². The first-order valence-electron chi connectivity index (χ1n) is 6.76. The lowest BCUT2D eigenvalue weighted by Gasteiger charge is -2.08. The zero-order valence-corrected chi connectivity index (χ0v) is 13.2. The molecule has 0 aliphatic carbocycles. The van der Waals surface area contributed by atoms with E-state index in [1.165, 1.54) is 44.7 Å².